The van der Waals surface area contributed by atoms with Gasteiger partial charge in [-0.25, -0.2) is 0 Å². The molecule has 4 heteroatoms. The fourth-order valence-corrected chi connectivity index (χ4v) is 4.07. The second-order valence-corrected chi connectivity index (χ2v) is 8.05. The average molecular weight is 364 g/mol. The average Bonchev–Trinajstić information content (AvgIpc) is 2.61. The molecule has 1 fully saturated rings. The SMILES string of the molecule is CCCC(CCC)N1CC[C@H](O)[C@@](O)(COc2c(C)ccc(C)c2C)C1. The van der Waals surface area contributed by atoms with Crippen LogP contribution in [0.3, 0.4) is 0 Å². The number of piperidine rings is 1. The molecule has 1 aromatic carbocycles. The van der Waals surface area contributed by atoms with Crippen molar-refractivity contribution in [3.63, 3.8) is 0 Å². The van der Waals surface area contributed by atoms with E-state index in [2.05, 4.69) is 31.7 Å². The molecule has 0 aliphatic carbocycles. The molecule has 0 radical (unpaired) electrons. The maximum Gasteiger partial charge on any atom is 0.137 e. The van der Waals surface area contributed by atoms with Crippen molar-refractivity contribution in [1.82, 2.24) is 4.90 Å². The Morgan fingerprint density at radius 2 is 1.77 bits per heavy atom. The van der Waals surface area contributed by atoms with Crippen LogP contribution >= 0.6 is 0 Å². The van der Waals surface area contributed by atoms with Gasteiger partial charge in [0.25, 0.3) is 0 Å². The molecule has 148 valence electrons. The molecule has 4 nitrogen and oxygen atoms in total. The maximum atomic E-state index is 11.2. The zero-order chi connectivity index (χ0) is 19.3. The highest BCUT2D eigenvalue weighted by Crippen LogP contribution is 2.30. The Balaban J connectivity index is 2.12. The number of rotatable bonds is 8. The Labute approximate surface area is 159 Å². The number of aliphatic hydroxyl groups is 2. The molecule has 1 aliphatic rings. The Morgan fingerprint density at radius 3 is 2.38 bits per heavy atom. The third kappa shape index (κ3) is 4.79. The summed E-state index contributed by atoms with van der Waals surface area (Å²) in [5.74, 6) is 0.835. The van der Waals surface area contributed by atoms with E-state index >= 15 is 0 Å². The van der Waals surface area contributed by atoms with Gasteiger partial charge in [-0.3, -0.25) is 4.90 Å². The van der Waals surface area contributed by atoms with Crippen molar-refractivity contribution in [2.75, 3.05) is 19.7 Å². The highest BCUT2D eigenvalue weighted by Gasteiger charge is 2.43. The van der Waals surface area contributed by atoms with Crippen LogP contribution in [0.25, 0.3) is 0 Å². The van der Waals surface area contributed by atoms with Gasteiger partial charge in [-0.15, -0.1) is 0 Å². The molecule has 1 saturated heterocycles. The van der Waals surface area contributed by atoms with Crippen LogP contribution in [0, 0.1) is 20.8 Å². The Kier molecular flexibility index (Phi) is 7.51. The predicted molar refractivity (Wildman–Crippen MR) is 107 cm³/mol. The molecule has 0 aromatic heterocycles. The van der Waals surface area contributed by atoms with Crippen molar-refractivity contribution < 1.29 is 14.9 Å². The van der Waals surface area contributed by atoms with E-state index in [1.807, 2.05) is 19.9 Å². The van der Waals surface area contributed by atoms with Crippen LogP contribution in [0.1, 0.15) is 62.6 Å². The molecule has 0 saturated carbocycles. The smallest absolute Gasteiger partial charge is 0.137 e. The number of ether oxygens (including phenoxy) is 1. The van der Waals surface area contributed by atoms with E-state index in [4.69, 9.17) is 4.74 Å². The fourth-order valence-electron chi connectivity index (χ4n) is 4.07. The van der Waals surface area contributed by atoms with Gasteiger partial charge in [-0.1, -0.05) is 38.8 Å². The summed E-state index contributed by atoms with van der Waals surface area (Å²) < 4.78 is 6.07. The fraction of sp³-hybridized carbons (Fsp3) is 0.727. The van der Waals surface area contributed by atoms with Gasteiger partial charge in [0.2, 0.25) is 0 Å². The van der Waals surface area contributed by atoms with Crippen molar-refractivity contribution in [3.05, 3.63) is 28.8 Å². The van der Waals surface area contributed by atoms with E-state index in [1.54, 1.807) is 0 Å². The summed E-state index contributed by atoms with van der Waals surface area (Å²) in [6.45, 7) is 12.0. The van der Waals surface area contributed by atoms with Gasteiger partial charge in [-0.05, 0) is 56.7 Å². The molecule has 1 heterocycles. The maximum absolute atomic E-state index is 11.2. The molecule has 2 N–H and O–H groups in total. The van der Waals surface area contributed by atoms with E-state index in [0.717, 1.165) is 49.1 Å². The zero-order valence-corrected chi connectivity index (χ0v) is 17.2. The highest BCUT2D eigenvalue weighted by molar-refractivity contribution is 5.44. The number of hydrogen-bond acceptors (Lipinski definition) is 4. The van der Waals surface area contributed by atoms with E-state index < -0.39 is 11.7 Å². The summed E-state index contributed by atoms with van der Waals surface area (Å²) in [5.41, 5.74) is 2.12. The number of nitrogens with zero attached hydrogens (tertiary/aromatic N) is 1. The number of likely N-dealkylation sites (tertiary alicyclic amines) is 1. The minimum absolute atomic E-state index is 0.126. The van der Waals surface area contributed by atoms with Crippen LogP contribution in [-0.2, 0) is 0 Å². The van der Waals surface area contributed by atoms with Crippen molar-refractivity contribution in [2.45, 2.75) is 84.5 Å². The van der Waals surface area contributed by atoms with E-state index in [-0.39, 0.29) is 6.61 Å². The Hall–Kier alpha value is -1.10. The summed E-state index contributed by atoms with van der Waals surface area (Å²) in [4.78, 5) is 2.36. The second-order valence-electron chi connectivity index (χ2n) is 8.05. The third-order valence-corrected chi connectivity index (χ3v) is 5.89. The molecular weight excluding hydrogens is 326 g/mol. The lowest BCUT2D eigenvalue weighted by molar-refractivity contribution is -0.146. The van der Waals surface area contributed by atoms with E-state index in [0.29, 0.717) is 19.0 Å². The minimum Gasteiger partial charge on any atom is -0.490 e. The molecule has 26 heavy (non-hydrogen) atoms. The standard InChI is InChI=1S/C22H37NO3/c1-6-8-19(9-7-2)23-13-12-20(24)22(25,14-23)15-26-21-17(4)11-10-16(3)18(21)5/h10-11,19-20,24-25H,6-9,12-15H2,1-5H3/t20-,22-/m0/s1. The summed E-state index contributed by atoms with van der Waals surface area (Å²) in [6, 6.07) is 4.61. The summed E-state index contributed by atoms with van der Waals surface area (Å²) in [5, 5.41) is 21.7. The quantitative estimate of drug-likeness (QED) is 0.738. The van der Waals surface area contributed by atoms with Gasteiger partial charge in [0, 0.05) is 19.1 Å². The molecular formula is C22H37NO3. The predicted octanol–water partition coefficient (Wildman–Crippen LogP) is 3.76. The summed E-state index contributed by atoms with van der Waals surface area (Å²) in [7, 11) is 0. The molecule has 1 aliphatic heterocycles. The van der Waals surface area contributed by atoms with E-state index in [9.17, 15) is 10.2 Å². The lowest BCUT2D eigenvalue weighted by Gasteiger charge is -2.45. The van der Waals surface area contributed by atoms with Crippen LogP contribution in [0.2, 0.25) is 0 Å². The van der Waals surface area contributed by atoms with Crippen molar-refractivity contribution in [2.24, 2.45) is 0 Å². The van der Waals surface area contributed by atoms with Crippen LogP contribution in [-0.4, -0.2) is 52.6 Å². The number of aryl methyl sites for hydroxylation is 2. The van der Waals surface area contributed by atoms with Crippen molar-refractivity contribution in [3.8, 4) is 5.75 Å². The van der Waals surface area contributed by atoms with Crippen LogP contribution in [0.15, 0.2) is 12.1 Å². The second kappa shape index (κ2) is 9.20. The topological polar surface area (TPSA) is 52.9 Å². The number of β-amino-alcohol motifs (C(OH)–C–C–N with tert-alkyl or cyclic N) is 1. The number of aliphatic hydroxyl groups excluding tert-OH is 1. The van der Waals surface area contributed by atoms with Crippen molar-refractivity contribution >= 4 is 0 Å². The monoisotopic (exact) mass is 363 g/mol. The molecule has 0 bridgehead atoms. The highest BCUT2D eigenvalue weighted by atomic mass is 16.5. The largest absolute Gasteiger partial charge is 0.490 e. The lowest BCUT2D eigenvalue weighted by atomic mass is 9.88. The van der Waals surface area contributed by atoms with Crippen LogP contribution in [0.4, 0.5) is 0 Å². The number of hydrogen-bond donors (Lipinski definition) is 2. The Bertz CT molecular complexity index is 583. The van der Waals surface area contributed by atoms with Gasteiger partial charge in [0.15, 0.2) is 0 Å². The first-order valence-corrected chi connectivity index (χ1v) is 10.2. The van der Waals surface area contributed by atoms with Crippen molar-refractivity contribution in [1.29, 1.82) is 0 Å². The Morgan fingerprint density at radius 1 is 1.15 bits per heavy atom. The first-order valence-electron chi connectivity index (χ1n) is 10.2. The van der Waals surface area contributed by atoms with Gasteiger partial charge in [0.1, 0.15) is 18.0 Å². The first-order chi connectivity index (χ1) is 12.3. The van der Waals surface area contributed by atoms with Crippen LogP contribution < -0.4 is 4.74 Å². The summed E-state index contributed by atoms with van der Waals surface area (Å²) in [6.07, 6.45) is 4.40. The van der Waals surface area contributed by atoms with Gasteiger partial charge in [-0.2, -0.15) is 0 Å². The molecule has 2 atom stereocenters. The molecule has 0 unspecified atom stereocenters. The molecule has 0 spiro atoms. The van der Waals surface area contributed by atoms with Crippen LogP contribution in [0.5, 0.6) is 5.75 Å². The van der Waals surface area contributed by atoms with E-state index in [1.165, 1.54) is 5.56 Å². The molecule has 1 aromatic rings. The third-order valence-electron chi connectivity index (χ3n) is 5.89. The molecule has 0 amide bonds. The van der Waals surface area contributed by atoms with Gasteiger partial charge >= 0.3 is 0 Å². The minimum atomic E-state index is -1.22. The zero-order valence-electron chi connectivity index (χ0n) is 17.2. The van der Waals surface area contributed by atoms with Gasteiger partial charge in [0.05, 0.1) is 6.10 Å². The lowest BCUT2D eigenvalue weighted by Crippen LogP contribution is -2.61. The van der Waals surface area contributed by atoms with Gasteiger partial charge < -0.3 is 14.9 Å². The number of benzene rings is 1. The summed E-state index contributed by atoms with van der Waals surface area (Å²) >= 11 is 0. The normalized spacial score (nSPS) is 24.2. The molecule has 2 rings (SSSR count). The first kappa shape index (κ1) is 21.2.